The number of hydrogen-bond acceptors (Lipinski definition) is 2. The van der Waals surface area contributed by atoms with Gasteiger partial charge in [-0.15, -0.1) is 0 Å². The number of aryl methyl sites for hydroxylation is 1. The van der Waals surface area contributed by atoms with Crippen molar-refractivity contribution in [3.8, 4) is 0 Å². The number of amides is 1. The fraction of sp³-hybridized carbons (Fsp3) is 0.364. The number of anilines is 2. The summed E-state index contributed by atoms with van der Waals surface area (Å²) >= 11 is 3.38. The molecule has 0 heterocycles. The predicted octanol–water partition coefficient (Wildman–Crippen LogP) is 3.08. The molecule has 0 unspecified atom stereocenters. The van der Waals surface area contributed by atoms with E-state index in [9.17, 15) is 4.79 Å². The number of nitrogen functional groups attached to an aromatic ring is 1. The van der Waals surface area contributed by atoms with Crippen LogP contribution in [0.25, 0.3) is 0 Å². The Morgan fingerprint density at radius 2 is 2.20 bits per heavy atom. The van der Waals surface area contributed by atoms with Gasteiger partial charge in [-0.05, 0) is 47.0 Å². The van der Waals surface area contributed by atoms with Crippen LogP contribution in [0.4, 0.5) is 11.4 Å². The van der Waals surface area contributed by atoms with E-state index in [0.29, 0.717) is 12.1 Å². The number of nitrogens with one attached hydrogen (secondary N) is 1. The minimum absolute atomic E-state index is 0.0334. The molecule has 15 heavy (non-hydrogen) atoms. The van der Waals surface area contributed by atoms with E-state index in [1.165, 1.54) is 0 Å². The molecule has 0 aliphatic heterocycles. The zero-order valence-corrected chi connectivity index (χ0v) is 10.5. The molecule has 1 rings (SSSR count). The maximum atomic E-state index is 11.4. The van der Waals surface area contributed by atoms with Gasteiger partial charge in [0.1, 0.15) is 0 Å². The van der Waals surface area contributed by atoms with Crippen LogP contribution in [0.2, 0.25) is 0 Å². The van der Waals surface area contributed by atoms with Gasteiger partial charge in [0.25, 0.3) is 0 Å². The number of nitrogens with two attached hydrogens (primary N) is 1. The van der Waals surface area contributed by atoms with Crippen molar-refractivity contribution < 1.29 is 4.79 Å². The third-order valence-corrected chi connectivity index (χ3v) is 2.68. The monoisotopic (exact) mass is 270 g/mol. The summed E-state index contributed by atoms with van der Waals surface area (Å²) in [4.78, 5) is 11.4. The van der Waals surface area contributed by atoms with Crippen molar-refractivity contribution >= 4 is 33.2 Å². The van der Waals surface area contributed by atoms with Gasteiger partial charge in [0.2, 0.25) is 5.91 Å². The normalized spacial score (nSPS) is 10.1. The number of carbonyl (C=O) groups is 1. The molecule has 0 aliphatic rings. The van der Waals surface area contributed by atoms with E-state index in [0.717, 1.165) is 22.1 Å². The van der Waals surface area contributed by atoms with Gasteiger partial charge in [-0.3, -0.25) is 4.79 Å². The molecule has 0 atom stereocenters. The van der Waals surface area contributed by atoms with E-state index in [2.05, 4.69) is 21.2 Å². The van der Waals surface area contributed by atoms with Crippen LogP contribution in [-0.2, 0) is 4.79 Å². The van der Waals surface area contributed by atoms with Crippen molar-refractivity contribution in [2.75, 3.05) is 11.1 Å². The molecule has 0 fully saturated rings. The second-order valence-corrected chi connectivity index (χ2v) is 4.35. The quantitative estimate of drug-likeness (QED) is 0.830. The van der Waals surface area contributed by atoms with Gasteiger partial charge in [0.05, 0.1) is 5.69 Å². The first-order valence-electron chi connectivity index (χ1n) is 4.90. The Hall–Kier alpha value is -1.03. The van der Waals surface area contributed by atoms with Crippen LogP contribution in [0, 0.1) is 6.92 Å². The Kier molecular flexibility index (Phi) is 4.15. The van der Waals surface area contributed by atoms with E-state index >= 15 is 0 Å². The molecule has 0 bridgehead atoms. The van der Waals surface area contributed by atoms with E-state index in [-0.39, 0.29) is 5.91 Å². The summed E-state index contributed by atoms with van der Waals surface area (Å²) in [6.45, 7) is 3.90. The maximum Gasteiger partial charge on any atom is 0.224 e. The Labute approximate surface area is 98.2 Å². The van der Waals surface area contributed by atoms with Crippen LogP contribution in [0.1, 0.15) is 25.3 Å². The highest BCUT2D eigenvalue weighted by Crippen LogP contribution is 2.29. The first-order chi connectivity index (χ1) is 7.04. The van der Waals surface area contributed by atoms with Crippen molar-refractivity contribution in [2.45, 2.75) is 26.7 Å². The summed E-state index contributed by atoms with van der Waals surface area (Å²) < 4.78 is 0.824. The van der Waals surface area contributed by atoms with Gasteiger partial charge in [-0.1, -0.05) is 6.92 Å². The first-order valence-corrected chi connectivity index (χ1v) is 5.69. The highest BCUT2D eigenvalue weighted by Gasteiger charge is 2.08. The predicted molar refractivity (Wildman–Crippen MR) is 66.8 cm³/mol. The lowest BCUT2D eigenvalue weighted by Gasteiger charge is -2.11. The molecule has 3 N–H and O–H groups in total. The van der Waals surface area contributed by atoms with Gasteiger partial charge < -0.3 is 11.1 Å². The third-order valence-electron chi connectivity index (χ3n) is 2.05. The number of benzene rings is 1. The Morgan fingerprint density at radius 1 is 1.53 bits per heavy atom. The largest absolute Gasteiger partial charge is 0.399 e. The summed E-state index contributed by atoms with van der Waals surface area (Å²) in [7, 11) is 0. The fourth-order valence-electron chi connectivity index (χ4n) is 1.36. The van der Waals surface area contributed by atoms with Crippen LogP contribution in [-0.4, -0.2) is 5.91 Å². The van der Waals surface area contributed by atoms with Gasteiger partial charge in [0.15, 0.2) is 0 Å². The Morgan fingerprint density at radius 3 is 2.73 bits per heavy atom. The molecule has 1 aromatic carbocycles. The zero-order valence-electron chi connectivity index (χ0n) is 8.93. The second-order valence-electron chi connectivity index (χ2n) is 3.49. The minimum Gasteiger partial charge on any atom is -0.399 e. The van der Waals surface area contributed by atoms with Crippen molar-refractivity contribution in [1.29, 1.82) is 0 Å². The summed E-state index contributed by atoms with van der Waals surface area (Å²) in [5, 5.41) is 2.87. The molecule has 0 saturated carbocycles. The molecule has 0 aromatic heterocycles. The summed E-state index contributed by atoms with van der Waals surface area (Å²) in [5.41, 5.74) is 8.14. The number of carbonyl (C=O) groups excluding carboxylic acids is 1. The van der Waals surface area contributed by atoms with Gasteiger partial charge in [-0.2, -0.15) is 0 Å². The van der Waals surface area contributed by atoms with E-state index in [4.69, 9.17) is 5.73 Å². The summed E-state index contributed by atoms with van der Waals surface area (Å²) in [6.07, 6.45) is 1.38. The van der Waals surface area contributed by atoms with Crippen molar-refractivity contribution in [3.05, 3.63) is 22.2 Å². The fourth-order valence-corrected chi connectivity index (χ4v) is 2.03. The number of rotatable bonds is 3. The average Bonchev–Trinajstić information content (AvgIpc) is 2.11. The number of hydrogen-bond donors (Lipinski definition) is 2. The van der Waals surface area contributed by atoms with Crippen LogP contribution < -0.4 is 11.1 Å². The molecule has 0 aliphatic carbocycles. The van der Waals surface area contributed by atoms with E-state index in [1.54, 1.807) is 6.07 Å². The topological polar surface area (TPSA) is 55.1 Å². The summed E-state index contributed by atoms with van der Waals surface area (Å²) in [6, 6.07) is 3.63. The highest BCUT2D eigenvalue weighted by atomic mass is 79.9. The summed E-state index contributed by atoms with van der Waals surface area (Å²) in [5.74, 6) is 0.0334. The standard InChI is InChI=1S/C11H15BrN2O/c1-3-4-10(15)14-11-7(2)5-8(13)6-9(11)12/h5-6H,3-4,13H2,1-2H3,(H,14,15). The Balaban J connectivity index is 2.90. The molecule has 1 amide bonds. The zero-order chi connectivity index (χ0) is 11.4. The van der Waals surface area contributed by atoms with Crippen LogP contribution in [0.15, 0.2) is 16.6 Å². The third kappa shape index (κ3) is 3.23. The molecule has 4 heteroatoms. The van der Waals surface area contributed by atoms with Crippen molar-refractivity contribution in [1.82, 2.24) is 0 Å². The molecular formula is C11H15BrN2O. The SMILES string of the molecule is CCCC(=O)Nc1c(C)cc(N)cc1Br. The Bertz CT molecular complexity index is 354. The van der Waals surface area contributed by atoms with Crippen LogP contribution in [0.5, 0.6) is 0 Å². The number of halogens is 1. The first kappa shape index (κ1) is 12.0. The molecule has 3 nitrogen and oxygen atoms in total. The molecule has 0 radical (unpaired) electrons. The lowest BCUT2D eigenvalue weighted by atomic mass is 10.1. The van der Waals surface area contributed by atoms with Gasteiger partial charge in [-0.25, -0.2) is 0 Å². The van der Waals surface area contributed by atoms with Crippen LogP contribution >= 0.6 is 15.9 Å². The molecule has 82 valence electrons. The van der Waals surface area contributed by atoms with Crippen molar-refractivity contribution in [3.63, 3.8) is 0 Å². The second kappa shape index (κ2) is 5.16. The maximum absolute atomic E-state index is 11.4. The lowest BCUT2D eigenvalue weighted by molar-refractivity contribution is -0.116. The van der Waals surface area contributed by atoms with Gasteiger partial charge >= 0.3 is 0 Å². The molecule has 0 saturated heterocycles. The lowest BCUT2D eigenvalue weighted by Crippen LogP contribution is -2.12. The minimum atomic E-state index is 0.0334. The molecule has 1 aromatic rings. The highest BCUT2D eigenvalue weighted by molar-refractivity contribution is 9.10. The van der Waals surface area contributed by atoms with E-state index < -0.39 is 0 Å². The van der Waals surface area contributed by atoms with E-state index in [1.807, 2.05) is 19.9 Å². The average molecular weight is 271 g/mol. The van der Waals surface area contributed by atoms with Gasteiger partial charge in [0, 0.05) is 16.6 Å². The smallest absolute Gasteiger partial charge is 0.224 e. The molecular weight excluding hydrogens is 256 g/mol. The van der Waals surface area contributed by atoms with Crippen molar-refractivity contribution in [2.24, 2.45) is 0 Å². The van der Waals surface area contributed by atoms with Crippen LogP contribution in [0.3, 0.4) is 0 Å². The molecule has 0 spiro atoms.